The number of unbranched alkanes of at least 4 members (excludes halogenated alkanes) is 10. The van der Waals surface area contributed by atoms with Crippen LogP contribution in [0.5, 0.6) is 0 Å². The van der Waals surface area contributed by atoms with Crippen molar-refractivity contribution in [2.24, 2.45) is 0 Å². The van der Waals surface area contributed by atoms with Crippen LogP contribution in [0.3, 0.4) is 0 Å². The maximum atomic E-state index is 3.85. The summed E-state index contributed by atoms with van der Waals surface area (Å²) in [6.07, 6.45) is 21.4. The third-order valence-electron chi connectivity index (χ3n) is 2.92. The molecule has 16 heavy (non-hydrogen) atoms. The Morgan fingerprint density at radius 2 is 1.56 bits per heavy atom. The van der Waals surface area contributed by atoms with E-state index in [1.165, 1.54) is 70.6 Å². The molecule has 0 aromatic rings. The number of allylic oxidation sites excluding steroid dienone is 2. The van der Waals surface area contributed by atoms with Gasteiger partial charge in [0, 0.05) is 0 Å². The second kappa shape index (κ2) is 14.7. The molecule has 0 fully saturated rings. The molecule has 0 bridgehead atoms. The average Bonchev–Trinajstić information content (AvgIpc) is 2.31. The molecule has 0 aromatic heterocycles. The van der Waals surface area contributed by atoms with Gasteiger partial charge in [0.1, 0.15) is 0 Å². The van der Waals surface area contributed by atoms with E-state index in [0.717, 1.165) is 6.42 Å². The second-order valence-electron chi connectivity index (χ2n) is 4.63. The smallest absolute Gasteiger partial charge is 0.0279 e. The largest absolute Gasteiger partial charge is 0.0811 e. The van der Waals surface area contributed by atoms with Crippen molar-refractivity contribution >= 4 is 0 Å². The van der Waals surface area contributed by atoms with Crippen molar-refractivity contribution in [2.75, 3.05) is 0 Å². The number of hydrogen-bond donors (Lipinski definition) is 0. The maximum Gasteiger partial charge on any atom is -0.0279 e. The summed E-state index contributed by atoms with van der Waals surface area (Å²) in [7, 11) is 0. The molecular formula is C16H30. The van der Waals surface area contributed by atoms with E-state index in [2.05, 4.69) is 26.0 Å². The zero-order chi connectivity index (χ0) is 11.9. The van der Waals surface area contributed by atoms with E-state index < -0.39 is 0 Å². The number of hydrogen-bond acceptors (Lipinski definition) is 0. The van der Waals surface area contributed by atoms with Gasteiger partial charge in [-0.1, -0.05) is 71.3 Å². The highest BCUT2D eigenvalue weighted by Gasteiger charge is 1.88. The summed E-state index contributed by atoms with van der Waals surface area (Å²) in [5, 5.41) is 0. The Kier molecular flexibility index (Phi) is 14.5. The summed E-state index contributed by atoms with van der Waals surface area (Å²) in [5.74, 6) is 0. The highest BCUT2D eigenvalue weighted by molar-refractivity contribution is 4.73. The lowest BCUT2D eigenvalue weighted by atomic mass is 10.1. The lowest BCUT2D eigenvalue weighted by Crippen LogP contribution is -1.78. The lowest BCUT2D eigenvalue weighted by molar-refractivity contribution is 0.631. The van der Waals surface area contributed by atoms with Crippen LogP contribution in [0.2, 0.25) is 0 Å². The third kappa shape index (κ3) is 13.7. The molecule has 94 valence electrons. The molecule has 0 aromatic carbocycles. The van der Waals surface area contributed by atoms with Crippen LogP contribution in [-0.2, 0) is 0 Å². The topological polar surface area (TPSA) is 0 Å². The summed E-state index contributed by atoms with van der Waals surface area (Å²) in [5.41, 5.74) is 0. The molecule has 0 rings (SSSR count). The fourth-order valence-electron chi connectivity index (χ4n) is 1.81. The SMILES string of the molecule is [CH2]CCCCCC/C=[C]/CCCCCCC. The minimum absolute atomic E-state index is 1.10. The van der Waals surface area contributed by atoms with Crippen LogP contribution in [0.15, 0.2) is 6.08 Å². The van der Waals surface area contributed by atoms with Crippen molar-refractivity contribution in [3.8, 4) is 0 Å². The third-order valence-corrected chi connectivity index (χ3v) is 2.92. The van der Waals surface area contributed by atoms with Gasteiger partial charge in [0.15, 0.2) is 0 Å². The Hall–Kier alpha value is -0.260. The molecule has 0 aliphatic heterocycles. The fourth-order valence-corrected chi connectivity index (χ4v) is 1.81. The highest BCUT2D eigenvalue weighted by atomic mass is 13.9. The predicted molar refractivity (Wildman–Crippen MR) is 74.2 cm³/mol. The van der Waals surface area contributed by atoms with Gasteiger partial charge in [-0.2, -0.15) is 0 Å². The zero-order valence-electron chi connectivity index (χ0n) is 11.3. The van der Waals surface area contributed by atoms with Crippen LogP contribution in [0, 0.1) is 13.0 Å². The zero-order valence-corrected chi connectivity index (χ0v) is 11.3. The molecule has 0 heterocycles. The first kappa shape index (κ1) is 15.7. The fraction of sp³-hybridized carbons (Fsp3) is 0.812. The van der Waals surface area contributed by atoms with Crippen molar-refractivity contribution in [3.05, 3.63) is 19.1 Å². The summed E-state index contributed by atoms with van der Waals surface area (Å²) in [6, 6.07) is 0. The summed E-state index contributed by atoms with van der Waals surface area (Å²) in [4.78, 5) is 0. The van der Waals surface area contributed by atoms with E-state index >= 15 is 0 Å². The minimum Gasteiger partial charge on any atom is -0.0811 e. The molecule has 0 amide bonds. The molecule has 0 N–H and O–H groups in total. The van der Waals surface area contributed by atoms with Gasteiger partial charge in [0.05, 0.1) is 0 Å². The van der Waals surface area contributed by atoms with Crippen LogP contribution in [0.1, 0.15) is 84.0 Å². The van der Waals surface area contributed by atoms with Crippen LogP contribution in [0.4, 0.5) is 0 Å². The summed E-state index contributed by atoms with van der Waals surface area (Å²) < 4.78 is 0. The normalized spacial score (nSPS) is 11.4. The van der Waals surface area contributed by atoms with Crippen LogP contribution in [0.25, 0.3) is 0 Å². The Bertz CT molecular complexity index is 119. The molecule has 0 heteroatoms. The molecule has 2 radical (unpaired) electrons. The van der Waals surface area contributed by atoms with Crippen LogP contribution >= 0.6 is 0 Å². The molecule has 0 aliphatic rings. The van der Waals surface area contributed by atoms with E-state index in [-0.39, 0.29) is 0 Å². The quantitative estimate of drug-likeness (QED) is 0.362. The van der Waals surface area contributed by atoms with E-state index in [4.69, 9.17) is 0 Å². The predicted octanol–water partition coefficient (Wildman–Crippen LogP) is 5.88. The van der Waals surface area contributed by atoms with Crippen molar-refractivity contribution < 1.29 is 0 Å². The first-order chi connectivity index (χ1) is 7.91. The van der Waals surface area contributed by atoms with Gasteiger partial charge < -0.3 is 0 Å². The van der Waals surface area contributed by atoms with Crippen molar-refractivity contribution in [1.29, 1.82) is 0 Å². The van der Waals surface area contributed by atoms with Gasteiger partial charge in [-0.25, -0.2) is 0 Å². The molecule has 0 unspecified atom stereocenters. The van der Waals surface area contributed by atoms with Gasteiger partial charge in [-0.3, -0.25) is 0 Å². The Balaban J connectivity index is 2.98. The van der Waals surface area contributed by atoms with Gasteiger partial charge >= 0.3 is 0 Å². The van der Waals surface area contributed by atoms with E-state index in [1.807, 2.05) is 0 Å². The lowest BCUT2D eigenvalue weighted by Gasteiger charge is -1.97. The Labute approximate surface area is 104 Å². The molecule has 0 saturated carbocycles. The first-order valence-electron chi connectivity index (χ1n) is 7.26. The number of rotatable bonds is 12. The van der Waals surface area contributed by atoms with E-state index in [1.54, 1.807) is 0 Å². The minimum atomic E-state index is 1.10. The van der Waals surface area contributed by atoms with Gasteiger partial charge in [-0.05, 0) is 31.8 Å². The summed E-state index contributed by atoms with van der Waals surface area (Å²) >= 11 is 0. The molecular weight excluding hydrogens is 192 g/mol. The first-order valence-corrected chi connectivity index (χ1v) is 7.26. The molecule has 0 saturated heterocycles. The van der Waals surface area contributed by atoms with Crippen LogP contribution < -0.4 is 0 Å². The summed E-state index contributed by atoms with van der Waals surface area (Å²) in [6.45, 7) is 6.12. The second-order valence-corrected chi connectivity index (χ2v) is 4.63. The van der Waals surface area contributed by atoms with E-state index in [0.29, 0.717) is 0 Å². The van der Waals surface area contributed by atoms with Gasteiger partial charge in [0.2, 0.25) is 0 Å². The van der Waals surface area contributed by atoms with Crippen molar-refractivity contribution in [3.63, 3.8) is 0 Å². The van der Waals surface area contributed by atoms with E-state index in [9.17, 15) is 0 Å². The Morgan fingerprint density at radius 1 is 0.875 bits per heavy atom. The molecule has 0 spiro atoms. The molecule has 0 atom stereocenters. The van der Waals surface area contributed by atoms with Crippen molar-refractivity contribution in [1.82, 2.24) is 0 Å². The molecule has 0 nitrogen and oxygen atoms in total. The Morgan fingerprint density at radius 3 is 2.31 bits per heavy atom. The van der Waals surface area contributed by atoms with Gasteiger partial charge in [0.25, 0.3) is 0 Å². The van der Waals surface area contributed by atoms with Gasteiger partial charge in [-0.15, -0.1) is 0 Å². The highest BCUT2D eigenvalue weighted by Crippen LogP contribution is 2.07. The van der Waals surface area contributed by atoms with Crippen LogP contribution in [-0.4, -0.2) is 0 Å². The average molecular weight is 222 g/mol. The monoisotopic (exact) mass is 222 g/mol. The standard InChI is InChI=1S/C16H30/c1-3-5-7-9-11-13-15-16-14-12-10-8-6-4-2/h15H,1,3-14H2,2H3. The maximum absolute atomic E-state index is 3.85. The molecule has 0 aliphatic carbocycles. The van der Waals surface area contributed by atoms with Crippen molar-refractivity contribution in [2.45, 2.75) is 84.0 Å².